The highest BCUT2D eigenvalue weighted by Crippen LogP contribution is 2.48. The standard InChI is InChI=1S/C54H33N5S/c1-3-14-34(15-4-1)39-20-13-21-41(33-39)54-57-52(36-17-5-2-6-18-36)56-53(58-54)37-28-30-42(31-29-37)59-46-25-12-10-23-44(46)51-49(59)47-48(40-27-26-35-16-7-8-19-38(35)32-40)55-45-24-11-9-22-43(45)50(47)60-51/h1-33H. The molecule has 0 N–H and O–H groups in total. The lowest BCUT2D eigenvalue weighted by Crippen LogP contribution is -2.01. The average molecular weight is 784 g/mol. The van der Waals surface area contributed by atoms with Crippen LogP contribution in [-0.4, -0.2) is 24.5 Å². The van der Waals surface area contributed by atoms with Crippen molar-refractivity contribution in [3.8, 4) is 62.2 Å². The fourth-order valence-electron chi connectivity index (χ4n) is 8.54. The Labute approximate surface area is 349 Å². The number of thiophene rings is 1. The number of fused-ring (bicyclic) bond motifs is 8. The SMILES string of the molecule is c1ccc(-c2cccc(-c3nc(-c4ccccc4)nc(-c4ccc(-n5c6ccccc6c6sc7c8ccccc8nc(-c8ccc9ccccc9c8)c7c65)cc4)n3)c2)cc1. The van der Waals surface area contributed by atoms with Crippen molar-refractivity contribution in [2.75, 3.05) is 0 Å². The predicted molar refractivity (Wildman–Crippen MR) is 250 cm³/mol. The molecular weight excluding hydrogens is 751 g/mol. The minimum Gasteiger partial charge on any atom is -0.308 e. The van der Waals surface area contributed by atoms with Gasteiger partial charge in [-0.15, -0.1) is 11.3 Å². The van der Waals surface area contributed by atoms with E-state index in [-0.39, 0.29) is 0 Å². The van der Waals surface area contributed by atoms with E-state index in [0.29, 0.717) is 17.5 Å². The second kappa shape index (κ2) is 13.9. The van der Waals surface area contributed by atoms with Gasteiger partial charge in [0.15, 0.2) is 17.5 Å². The Balaban J connectivity index is 1.05. The van der Waals surface area contributed by atoms with Crippen LogP contribution in [0.15, 0.2) is 200 Å². The van der Waals surface area contributed by atoms with Gasteiger partial charge in [-0.1, -0.05) is 152 Å². The van der Waals surface area contributed by atoms with Gasteiger partial charge in [-0.05, 0) is 70.4 Å². The molecule has 6 heteroatoms. The van der Waals surface area contributed by atoms with Gasteiger partial charge in [-0.2, -0.15) is 0 Å². The smallest absolute Gasteiger partial charge is 0.164 e. The fraction of sp³-hybridized carbons (Fsp3) is 0. The summed E-state index contributed by atoms with van der Waals surface area (Å²) < 4.78 is 4.90. The molecule has 0 amide bonds. The number of pyridine rings is 1. The average Bonchev–Trinajstić information content (AvgIpc) is 3.87. The Hall–Kier alpha value is -7.80. The van der Waals surface area contributed by atoms with Crippen LogP contribution in [0.5, 0.6) is 0 Å². The van der Waals surface area contributed by atoms with Gasteiger partial charge < -0.3 is 4.57 Å². The molecule has 280 valence electrons. The molecule has 12 aromatic rings. The van der Waals surface area contributed by atoms with Crippen molar-refractivity contribution in [1.82, 2.24) is 24.5 Å². The minimum absolute atomic E-state index is 0.619. The topological polar surface area (TPSA) is 56.5 Å². The molecule has 0 radical (unpaired) electrons. The molecule has 0 atom stereocenters. The van der Waals surface area contributed by atoms with Crippen molar-refractivity contribution in [2.45, 2.75) is 0 Å². The van der Waals surface area contributed by atoms with E-state index in [2.05, 4.69) is 168 Å². The highest BCUT2D eigenvalue weighted by molar-refractivity contribution is 7.27. The number of hydrogen-bond donors (Lipinski definition) is 0. The molecule has 0 aliphatic heterocycles. The first-order valence-corrected chi connectivity index (χ1v) is 20.9. The summed E-state index contributed by atoms with van der Waals surface area (Å²) in [7, 11) is 0. The lowest BCUT2D eigenvalue weighted by molar-refractivity contribution is 1.07. The summed E-state index contributed by atoms with van der Waals surface area (Å²) in [6, 6.07) is 70.1. The molecule has 60 heavy (non-hydrogen) atoms. The lowest BCUT2D eigenvalue weighted by Gasteiger charge is -2.13. The van der Waals surface area contributed by atoms with Crippen molar-refractivity contribution in [2.24, 2.45) is 0 Å². The molecule has 4 aromatic heterocycles. The summed E-state index contributed by atoms with van der Waals surface area (Å²) in [4.78, 5) is 20.6. The van der Waals surface area contributed by atoms with Gasteiger partial charge in [0.05, 0.1) is 26.9 Å². The summed E-state index contributed by atoms with van der Waals surface area (Å²) in [6.07, 6.45) is 0. The summed E-state index contributed by atoms with van der Waals surface area (Å²) in [5.74, 6) is 1.88. The Bertz CT molecular complexity index is 3590. The largest absolute Gasteiger partial charge is 0.308 e. The van der Waals surface area contributed by atoms with E-state index in [1.54, 1.807) is 0 Å². The predicted octanol–water partition coefficient (Wildman–Crippen LogP) is 14.2. The van der Waals surface area contributed by atoms with Crippen LogP contribution in [0.1, 0.15) is 0 Å². The zero-order chi connectivity index (χ0) is 39.6. The van der Waals surface area contributed by atoms with Crippen LogP contribution in [0.25, 0.3) is 115 Å². The summed E-state index contributed by atoms with van der Waals surface area (Å²) in [6.45, 7) is 0. The second-order valence-electron chi connectivity index (χ2n) is 15.0. The number of nitrogens with zero attached hydrogens (tertiary/aromatic N) is 5. The molecule has 0 bridgehead atoms. The van der Waals surface area contributed by atoms with Crippen LogP contribution in [0.3, 0.4) is 0 Å². The van der Waals surface area contributed by atoms with Gasteiger partial charge in [0, 0.05) is 48.8 Å². The molecule has 0 saturated carbocycles. The zero-order valence-electron chi connectivity index (χ0n) is 32.2. The summed E-state index contributed by atoms with van der Waals surface area (Å²) >= 11 is 1.86. The molecule has 0 saturated heterocycles. The van der Waals surface area contributed by atoms with Gasteiger partial charge >= 0.3 is 0 Å². The van der Waals surface area contributed by atoms with Crippen LogP contribution in [0, 0.1) is 0 Å². The molecular formula is C54H33N5S. The first-order chi connectivity index (χ1) is 29.7. The molecule has 0 aliphatic carbocycles. The number of rotatable bonds is 6. The Kier molecular flexibility index (Phi) is 7.96. The van der Waals surface area contributed by atoms with Crippen LogP contribution in [-0.2, 0) is 0 Å². The van der Waals surface area contributed by atoms with Crippen LogP contribution in [0.2, 0.25) is 0 Å². The first-order valence-electron chi connectivity index (χ1n) is 20.1. The summed E-state index contributed by atoms with van der Waals surface area (Å²) in [5, 5.41) is 5.96. The van der Waals surface area contributed by atoms with E-state index in [9.17, 15) is 0 Å². The molecule has 0 fully saturated rings. The van der Waals surface area contributed by atoms with E-state index >= 15 is 0 Å². The first kappa shape index (κ1) is 34.3. The molecule has 5 nitrogen and oxygen atoms in total. The molecule has 12 rings (SSSR count). The maximum atomic E-state index is 5.42. The van der Waals surface area contributed by atoms with Crippen molar-refractivity contribution in [1.29, 1.82) is 0 Å². The van der Waals surface area contributed by atoms with Gasteiger partial charge in [-0.3, -0.25) is 0 Å². The number of benzene rings is 8. The third-order valence-corrected chi connectivity index (χ3v) is 12.7. The molecule has 0 unspecified atom stereocenters. The Morgan fingerprint density at radius 3 is 1.73 bits per heavy atom. The monoisotopic (exact) mass is 783 g/mol. The quantitative estimate of drug-likeness (QED) is 0.169. The number of aromatic nitrogens is 5. The Morgan fingerprint density at radius 1 is 0.367 bits per heavy atom. The minimum atomic E-state index is 0.619. The van der Waals surface area contributed by atoms with Crippen molar-refractivity contribution >= 4 is 64.2 Å². The lowest BCUT2D eigenvalue weighted by atomic mass is 10.0. The third kappa shape index (κ3) is 5.69. The van der Waals surface area contributed by atoms with Crippen LogP contribution < -0.4 is 0 Å². The highest BCUT2D eigenvalue weighted by atomic mass is 32.1. The molecule has 8 aromatic carbocycles. The van der Waals surface area contributed by atoms with Gasteiger partial charge in [0.2, 0.25) is 0 Å². The molecule has 0 spiro atoms. The number of para-hydroxylation sites is 2. The van der Waals surface area contributed by atoms with E-state index in [1.165, 1.54) is 30.9 Å². The molecule has 0 aliphatic rings. The maximum absolute atomic E-state index is 5.42. The maximum Gasteiger partial charge on any atom is 0.164 e. The van der Waals surface area contributed by atoms with E-state index in [0.717, 1.165) is 66.7 Å². The normalized spacial score (nSPS) is 11.7. The van der Waals surface area contributed by atoms with Crippen molar-refractivity contribution in [3.63, 3.8) is 0 Å². The molecule has 4 heterocycles. The van der Waals surface area contributed by atoms with Crippen LogP contribution >= 0.6 is 11.3 Å². The van der Waals surface area contributed by atoms with E-state index < -0.39 is 0 Å². The van der Waals surface area contributed by atoms with Gasteiger partial charge in [0.25, 0.3) is 0 Å². The zero-order valence-corrected chi connectivity index (χ0v) is 33.0. The van der Waals surface area contributed by atoms with Gasteiger partial charge in [-0.25, -0.2) is 19.9 Å². The van der Waals surface area contributed by atoms with E-state index in [1.807, 2.05) is 47.7 Å². The van der Waals surface area contributed by atoms with Gasteiger partial charge in [0.1, 0.15) is 0 Å². The third-order valence-electron chi connectivity index (χ3n) is 11.4. The van der Waals surface area contributed by atoms with Crippen molar-refractivity contribution in [3.05, 3.63) is 200 Å². The Morgan fingerprint density at radius 2 is 0.950 bits per heavy atom. The number of hydrogen-bond acceptors (Lipinski definition) is 5. The van der Waals surface area contributed by atoms with E-state index in [4.69, 9.17) is 19.9 Å². The second-order valence-corrected chi connectivity index (χ2v) is 16.1. The summed E-state index contributed by atoms with van der Waals surface area (Å²) in [5.41, 5.74) is 11.5. The highest BCUT2D eigenvalue weighted by Gasteiger charge is 2.23. The van der Waals surface area contributed by atoms with Crippen molar-refractivity contribution < 1.29 is 0 Å². The van der Waals surface area contributed by atoms with Crippen LogP contribution in [0.4, 0.5) is 0 Å². The fourth-order valence-corrected chi connectivity index (χ4v) is 9.90.